The molecular formula is C10H13N3O5. The zero-order chi connectivity index (χ0) is 13.5. The number of nitrogens with zero attached hydrogens (tertiary/aromatic N) is 2. The van der Waals surface area contributed by atoms with Crippen LogP contribution in [-0.2, 0) is 19.1 Å². The van der Waals surface area contributed by atoms with Crippen LogP contribution >= 0.6 is 0 Å². The lowest BCUT2D eigenvalue weighted by atomic mass is 10.1. The van der Waals surface area contributed by atoms with Crippen LogP contribution in [0.4, 0.5) is 0 Å². The van der Waals surface area contributed by atoms with Gasteiger partial charge >= 0.3 is 12.2 Å². The highest BCUT2D eigenvalue weighted by atomic mass is 16.5. The fourth-order valence-corrected chi connectivity index (χ4v) is 1.38. The summed E-state index contributed by atoms with van der Waals surface area (Å²) < 4.78 is 4.91. The molecule has 1 unspecified atom stereocenters. The predicted octanol–water partition coefficient (Wildman–Crippen LogP) is -1.01. The summed E-state index contributed by atoms with van der Waals surface area (Å²) in [6, 6.07) is -1.15. The van der Waals surface area contributed by atoms with Crippen molar-refractivity contribution < 1.29 is 29.0 Å². The second kappa shape index (κ2) is 6.63. The Morgan fingerprint density at radius 2 is 2.22 bits per heavy atom. The van der Waals surface area contributed by atoms with Gasteiger partial charge in [-0.1, -0.05) is 0 Å². The van der Waals surface area contributed by atoms with Crippen molar-refractivity contribution in [2.45, 2.75) is 31.4 Å². The van der Waals surface area contributed by atoms with E-state index in [1.54, 1.807) is 0 Å². The van der Waals surface area contributed by atoms with Gasteiger partial charge < -0.3 is 20.7 Å². The van der Waals surface area contributed by atoms with Gasteiger partial charge in [0.15, 0.2) is 0 Å². The Balaban J connectivity index is 2.44. The van der Waals surface area contributed by atoms with Gasteiger partial charge in [0, 0.05) is 12.8 Å². The zero-order valence-electron chi connectivity index (χ0n) is 9.54. The molecule has 1 rings (SSSR count). The second-order valence-electron chi connectivity index (χ2n) is 3.80. The van der Waals surface area contributed by atoms with Gasteiger partial charge in [-0.3, -0.25) is 9.59 Å². The van der Waals surface area contributed by atoms with E-state index in [0.717, 1.165) is 0 Å². The van der Waals surface area contributed by atoms with Crippen LogP contribution in [0.15, 0.2) is 0 Å². The maximum absolute atomic E-state index is 11.5. The Morgan fingerprint density at radius 1 is 1.56 bits per heavy atom. The van der Waals surface area contributed by atoms with Crippen molar-refractivity contribution in [2.24, 2.45) is 0 Å². The molecule has 0 aromatic carbocycles. The smallest absolute Gasteiger partial charge is 0.326 e. The fourth-order valence-electron chi connectivity index (χ4n) is 1.38. The lowest BCUT2D eigenvalue weighted by Gasteiger charge is -2.26. The van der Waals surface area contributed by atoms with Gasteiger partial charge in [0.25, 0.3) is 0 Å². The van der Waals surface area contributed by atoms with E-state index in [0.29, 0.717) is 19.2 Å². The quantitative estimate of drug-likeness (QED) is 0.342. The average molecular weight is 255 g/mol. The van der Waals surface area contributed by atoms with Crippen LogP contribution in [0, 0.1) is 0 Å². The first kappa shape index (κ1) is 14.0. The first-order chi connectivity index (χ1) is 8.54. The number of carbonyl (C=O) groups excluding carboxylic acids is 2. The van der Waals surface area contributed by atoms with Crippen molar-refractivity contribution in [3.8, 4) is 0 Å². The molecule has 8 heteroatoms. The summed E-state index contributed by atoms with van der Waals surface area (Å²) in [6.07, 6.45) is 0.455. The van der Waals surface area contributed by atoms with Crippen molar-refractivity contribution in [2.75, 3.05) is 6.61 Å². The van der Waals surface area contributed by atoms with Crippen LogP contribution in [0.1, 0.15) is 19.3 Å². The van der Waals surface area contributed by atoms with E-state index in [-0.39, 0.29) is 12.8 Å². The molecule has 0 saturated carbocycles. The lowest BCUT2D eigenvalue weighted by molar-refractivity contribution is -0.150. The molecule has 8 nitrogen and oxygen atoms in total. The van der Waals surface area contributed by atoms with Gasteiger partial charge in [0.1, 0.15) is 12.1 Å². The second-order valence-corrected chi connectivity index (χ2v) is 3.80. The Morgan fingerprint density at radius 3 is 2.67 bits per heavy atom. The largest absolute Gasteiger partial charge is 0.480 e. The first-order valence-electron chi connectivity index (χ1n) is 5.39. The molecule has 1 fully saturated rings. The van der Waals surface area contributed by atoms with Gasteiger partial charge in [-0.15, -0.1) is 0 Å². The number of amides is 1. The van der Waals surface area contributed by atoms with E-state index in [2.05, 4.69) is 10.1 Å². The summed E-state index contributed by atoms with van der Waals surface area (Å²) in [5, 5.41) is 11.2. The molecule has 2 N–H and O–H groups in total. The van der Waals surface area contributed by atoms with Gasteiger partial charge in [-0.25, -0.2) is 4.79 Å². The van der Waals surface area contributed by atoms with E-state index in [1.165, 1.54) is 0 Å². The number of ketones is 1. The molecule has 1 amide bonds. The Kier molecular flexibility index (Phi) is 5.16. The number of carbonyl (C=O) groups is 3. The van der Waals surface area contributed by atoms with Gasteiger partial charge in [-0.05, 0) is 6.42 Å². The SMILES string of the molecule is [N-]=[N+]=CC(=O)CCC(NC(=O)[C@@H]1CCO1)C(=O)O. The average Bonchev–Trinajstić information content (AvgIpc) is 2.21. The number of hydrogen-bond donors (Lipinski definition) is 2. The van der Waals surface area contributed by atoms with Crippen LogP contribution in [0.25, 0.3) is 5.53 Å². The molecule has 2 atom stereocenters. The molecule has 0 aliphatic carbocycles. The number of Topliss-reactive ketones (excluding diaryl/α,β-unsaturated/α-hetero) is 1. The minimum Gasteiger partial charge on any atom is -0.480 e. The molecule has 1 heterocycles. The molecule has 0 bridgehead atoms. The summed E-state index contributed by atoms with van der Waals surface area (Å²) in [7, 11) is 0. The van der Waals surface area contributed by atoms with E-state index in [1.807, 2.05) is 0 Å². The first-order valence-corrected chi connectivity index (χ1v) is 5.39. The van der Waals surface area contributed by atoms with Crippen LogP contribution in [-0.4, -0.2) is 52.5 Å². The molecule has 98 valence electrons. The molecule has 1 saturated heterocycles. The third kappa shape index (κ3) is 4.08. The molecule has 0 aromatic rings. The molecular weight excluding hydrogens is 242 g/mol. The maximum Gasteiger partial charge on any atom is 0.326 e. The van der Waals surface area contributed by atoms with Gasteiger partial charge in [-0.2, -0.15) is 4.79 Å². The highest BCUT2D eigenvalue weighted by molar-refractivity contribution is 6.25. The molecule has 18 heavy (non-hydrogen) atoms. The van der Waals surface area contributed by atoms with Crippen molar-refractivity contribution in [1.29, 1.82) is 0 Å². The lowest BCUT2D eigenvalue weighted by Crippen LogP contribution is -2.49. The van der Waals surface area contributed by atoms with Gasteiger partial charge in [0.2, 0.25) is 11.7 Å². The minimum absolute atomic E-state index is 0.0708. The number of carboxylic acids is 1. The van der Waals surface area contributed by atoms with E-state index in [4.69, 9.17) is 15.4 Å². The van der Waals surface area contributed by atoms with Crippen LogP contribution in [0.2, 0.25) is 0 Å². The third-order valence-corrected chi connectivity index (χ3v) is 2.49. The maximum atomic E-state index is 11.5. The van der Waals surface area contributed by atoms with Crippen LogP contribution in [0.3, 0.4) is 0 Å². The number of carboxylic acid groups (broad SMARTS) is 1. The van der Waals surface area contributed by atoms with Crippen molar-refractivity contribution >= 4 is 23.9 Å². The Bertz CT molecular complexity index is 398. The predicted molar refractivity (Wildman–Crippen MR) is 57.8 cm³/mol. The van der Waals surface area contributed by atoms with Gasteiger partial charge in [0.05, 0.1) is 6.61 Å². The number of hydrogen-bond acceptors (Lipinski definition) is 4. The summed E-state index contributed by atoms with van der Waals surface area (Å²) in [6.45, 7) is 0.487. The van der Waals surface area contributed by atoms with E-state index >= 15 is 0 Å². The number of aliphatic carboxylic acids is 1. The van der Waals surface area contributed by atoms with E-state index < -0.39 is 29.8 Å². The molecule has 1 aliphatic rings. The highest BCUT2D eigenvalue weighted by Crippen LogP contribution is 2.11. The zero-order valence-corrected chi connectivity index (χ0v) is 9.54. The molecule has 0 radical (unpaired) electrons. The van der Waals surface area contributed by atoms with Crippen molar-refractivity contribution in [3.63, 3.8) is 0 Å². The topological polar surface area (TPSA) is 129 Å². The minimum atomic E-state index is -1.23. The van der Waals surface area contributed by atoms with Crippen LogP contribution < -0.4 is 5.32 Å². The number of nitrogens with one attached hydrogen (secondary N) is 1. The van der Waals surface area contributed by atoms with Crippen molar-refractivity contribution in [1.82, 2.24) is 5.32 Å². The monoisotopic (exact) mass is 255 g/mol. The third-order valence-electron chi connectivity index (χ3n) is 2.49. The normalized spacial score (nSPS) is 19.0. The summed E-state index contributed by atoms with van der Waals surface area (Å²) in [5.74, 6) is -2.23. The highest BCUT2D eigenvalue weighted by Gasteiger charge is 2.30. The standard InChI is InChI=1S/C10H13N3O5/c11-12-5-6(14)1-2-7(10(16)17)13-9(15)8-3-4-18-8/h5,7-8H,1-4H2,(H,13,15)(H,16,17)/t7?,8-/m0/s1. The number of rotatable bonds is 7. The molecule has 0 aromatic heterocycles. The van der Waals surface area contributed by atoms with E-state index in [9.17, 15) is 14.4 Å². The Hall–Kier alpha value is -2.05. The summed E-state index contributed by atoms with van der Waals surface area (Å²) in [5.41, 5.74) is 8.11. The summed E-state index contributed by atoms with van der Waals surface area (Å²) >= 11 is 0. The number of ether oxygens (including phenoxy) is 1. The Labute approximate surface area is 103 Å². The summed E-state index contributed by atoms with van der Waals surface area (Å²) in [4.78, 5) is 35.9. The molecule has 1 aliphatic heterocycles. The van der Waals surface area contributed by atoms with Crippen molar-refractivity contribution in [3.05, 3.63) is 5.53 Å². The molecule has 0 spiro atoms. The van der Waals surface area contributed by atoms with Crippen LogP contribution in [0.5, 0.6) is 0 Å². The fraction of sp³-hybridized carbons (Fsp3) is 0.600.